The molecule has 0 radical (unpaired) electrons. The Bertz CT molecular complexity index is 333. The summed E-state index contributed by atoms with van der Waals surface area (Å²) in [5.74, 6) is 2.37. The van der Waals surface area contributed by atoms with Crippen LogP contribution >= 0.6 is 11.8 Å². The number of nitrogens with zero attached hydrogens (tertiary/aromatic N) is 2. The van der Waals surface area contributed by atoms with Gasteiger partial charge in [0.1, 0.15) is 0 Å². The lowest BCUT2D eigenvalue weighted by atomic mass is 10.2. The molecule has 1 aromatic heterocycles. The van der Waals surface area contributed by atoms with Crippen molar-refractivity contribution in [2.75, 3.05) is 19.0 Å². The minimum Gasteiger partial charge on any atom is -0.345 e. The normalized spacial score (nSPS) is 20.3. The minimum absolute atomic E-state index is 0.372. The first kappa shape index (κ1) is 12.9. The summed E-state index contributed by atoms with van der Waals surface area (Å²) in [6.45, 7) is 4.94. The summed E-state index contributed by atoms with van der Waals surface area (Å²) < 4.78 is 16.1. The molecule has 0 bridgehead atoms. The van der Waals surface area contributed by atoms with Crippen LogP contribution < -0.4 is 0 Å². The third-order valence-electron chi connectivity index (χ3n) is 2.51. The van der Waals surface area contributed by atoms with Crippen LogP contribution in [0.4, 0.5) is 0 Å². The minimum atomic E-state index is -0.530. The molecule has 5 nitrogen and oxygen atoms in total. The SMILES string of the molecule is CCOC(OCC)c1nc(C2CCCS2)no1. The van der Waals surface area contributed by atoms with E-state index in [1.807, 2.05) is 25.6 Å². The molecule has 0 aliphatic carbocycles. The summed E-state index contributed by atoms with van der Waals surface area (Å²) >= 11 is 1.88. The highest BCUT2D eigenvalue weighted by molar-refractivity contribution is 7.99. The first-order valence-electron chi connectivity index (χ1n) is 6.03. The number of hydrogen-bond donors (Lipinski definition) is 0. The van der Waals surface area contributed by atoms with Gasteiger partial charge in [0.15, 0.2) is 5.82 Å². The molecule has 1 atom stereocenters. The Morgan fingerprint density at radius 1 is 1.41 bits per heavy atom. The molecular formula is C11H18N2O3S. The van der Waals surface area contributed by atoms with Crippen molar-refractivity contribution in [1.29, 1.82) is 0 Å². The number of rotatable bonds is 6. The average molecular weight is 258 g/mol. The Labute approximate surface area is 105 Å². The van der Waals surface area contributed by atoms with E-state index in [-0.39, 0.29) is 0 Å². The number of hydrogen-bond acceptors (Lipinski definition) is 6. The van der Waals surface area contributed by atoms with E-state index in [1.54, 1.807) is 0 Å². The van der Waals surface area contributed by atoms with Crippen LogP contribution in [0, 0.1) is 0 Å². The third-order valence-corrected chi connectivity index (χ3v) is 3.89. The molecule has 96 valence electrons. The van der Waals surface area contributed by atoms with E-state index in [1.165, 1.54) is 12.2 Å². The summed E-state index contributed by atoms with van der Waals surface area (Å²) in [6.07, 6.45) is 1.81. The first-order chi connectivity index (χ1) is 8.35. The third kappa shape index (κ3) is 3.20. The number of aromatic nitrogens is 2. The standard InChI is InChI=1S/C11H18N2O3S/c1-3-14-11(15-4-2)10-12-9(13-16-10)8-6-5-7-17-8/h8,11H,3-7H2,1-2H3. The van der Waals surface area contributed by atoms with Gasteiger partial charge in [0.25, 0.3) is 5.89 Å². The Hall–Kier alpha value is -0.590. The Morgan fingerprint density at radius 3 is 2.76 bits per heavy atom. The Kier molecular flexibility index (Phi) is 4.82. The predicted molar refractivity (Wildman–Crippen MR) is 64.7 cm³/mol. The predicted octanol–water partition coefficient (Wildman–Crippen LogP) is 2.71. The molecule has 0 amide bonds. The fourth-order valence-corrected chi connectivity index (χ4v) is 2.94. The van der Waals surface area contributed by atoms with Crippen molar-refractivity contribution < 1.29 is 14.0 Å². The zero-order valence-corrected chi connectivity index (χ0v) is 11.0. The Morgan fingerprint density at radius 2 is 2.18 bits per heavy atom. The quantitative estimate of drug-likeness (QED) is 0.731. The Balaban J connectivity index is 2.03. The zero-order chi connectivity index (χ0) is 12.1. The second kappa shape index (κ2) is 6.37. The van der Waals surface area contributed by atoms with Crippen molar-refractivity contribution in [3.63, 3.8) is 0 Å². The molecule has 1 fully saturated rings. The van der Waals surface area contributed by atoms with E-state index in [2.05, 4.69) is 10.1 Å². The van der Waals surface area contributed by atoms with Crippen LogP contribution in [0.2, 0.25) is 0 Å². The summed E-state index contributed by atoms with van der Waals surface area (Å²) in [4.78, 5) is 4.38. The highest BCUT2D eigenvalue weighted by Crippen LogP contribution is 2.38. The van der Waals surface area contributed by atoms with Crippen LogP contribution in [0.1, 0.15) is 49.9 Å². The van der Waals surface area contributed by atoms with Crippen molar-refractivity contribution in [2.24, 2.45) is 0 Å². The van der Waals surface area contributed by atoms with Gasteiger partial charge in [0, 0.05) is 13.2 Å². The molecule has 1 aliphatic heterocycles. The first-order valence-corrected chi connectivity index (χ1v) is 7.08. The van der Waals surface area contributed by atoms with Crippen LogP contribution in [-0.4, -0.2) is 29.1 Å². The lowest BCUT2D eigenvalue weighted by Crippen LogP contribution is -2.09. The van der Waals surface area contributed by atoms with Gasteiger partial charge in [-0.3, -0.25) is 0 Å². The van der Waals surface area contributed by atoms with Crippen LogP contribution in [0.3, 0.4) is 0 Å². The van der Waals surface area contributed by atoms with Gasteiger partial charge >= 0.3 is 0 Å². The largest absolute Gasteiger partial charge is 0.345 e. The molecular weight excluding hydrogens is 240 g/mol. The molecule has 17 heavy (non-hydrogen) atoms. The van der Waals surface area contributed by atoms with Gasteiger partial charge in [-0.25, -0.2) is 0 Å². The van der Waals surface area contributed by atoms with Gasteiger partial charge in [-0.05, 0) is 32.4 Å². The van der Waals surface area contributed by atoms with Crippen molar-refractivity contribution in [3.8, 4) is 0 Å². The molecule has 1 aromatic rings. The topological polar surface area (TPSA) is 57.4 Å². The molecule has 0 N–H and O–H groups in total. The summed E-state index contributed by atoms with van der Waals surface area (Å²) in [6, 6.07) is 0. The molecule has 1 unspecified atom stereocenters. The zero-order valence-electron chi connectivity index (χ0n) is 10.2. The van der Waals surface area contributed by atoms with Crippen LogP contribution in [-0.2, 0) is 9.47 Å². The maximum absolute atomic E-state index is 5.42. The second-order valence-corrected chi connectivity index (χ2v) is 5.05. The summed E-state index contributed by atoms with van der Waals surface area (Å²) in [5, 5.41) is 4.39. The molecule has 1 aliphatic rings. The molecule has 0 spiro atoms. The van der Waals surface area contributed by atoms with E-state index in [0.29, 0.717) is 24.4 Å². The average Bonchev–Trinajstić information content (AvgIpc) is 2.99. The molecule has 1 saturated heterocycles. The molecule has 2 heterocycles. The van der Waals surface area contributed by atoms with Crippen molar-refractivity contribution in [2.45, 2.75) is 38.2 Å². The van der Waals surface area contributed by atoms with E-state index < -0.39 is 6.29 Å². The van der Waals surface area contributed by atoms with Gasteiger partial charge < -0.3 is 14.0 Å². The highest BCUT2D eigenvalue weighted by atomic mass is 32.2. The van der Waals surface area contributed by atoms with Gasteiger partial charge in [-0.1, -0.05) is 5.16 Å². The number of thioether (sulfide) groups is 1. The fraction of sp³-hybridized carbons (Fsp3) is 0.818. The second-order valence-electron chi connectivity index (χ2n) is 3.74. The fourth-order valence-electron chi connectivity index (χ4n) is 1.75. The molecule has 0 saturated carbocycles. The van der Waals surface area contributed by atoms with E-state index >= 15 is 0 Å². The summed E-state index contributed by atoms with van der Waals surface area (Å²) in [7, 11) is 0. The monoisotopic (exact) mass is 258 g/mol. The smallest absolute Gasteiger partial charge is 0.283 e. The molecule has 2 rings (SSSR count). The van der Waals surface area contributed by atoms with Crippen LogP contribution in [0.15, 0.2) is 4.52 Å². The van der Waals surface area contributed by atoms with Crippen molar-refractivity contribution in [3.05, 3.63) is 11.7 Å². The van der Waals surface area contributed by atoms with Gasteiger partial charge in [0.2, 0.25) is 6.29 Å². The van der Waals surface area contributed by atoms with Crippen molar-refractivity contribution in [1.82, 2.24) is 10.1 Å². The summed E-state index contributed by atoms with van der Waals surface area (Å²) in [5.41, 5.74) is 0. The van der Waals surface area contributed by atoms with Gasteiger partial charge in [-0.2, -0.15) is 16.7 Å². The van der Waals surface area contributed by atoms with Crippen molar-refractivity contribution >= 4 is 11.8 Å². The molecule has 0 aromatic carbocycles. The van der Waals surface area contributed by atoms with E-state index in [0.717, 1.165) is 12.2 Å². The van der Waals surface area contributed by atoms with E-state index in [4.69, 9.17) is 14.0 Å². The lowest BCUT2D eigenvalue weighted by molar-refractivity contribution is -0.155. The van der Waals surface area contributed by atoms with E-state index in [9.17, 15) is 0 Å². The maximum Gasteiger partial charge on any atom is 0.283 e. The highest BCUT2D eigenvalue weighted by Gasteiger charge is 2.26. The van der Waals surface area contributed by atoms with Crippen LogP contribution in [0.25, 0.3) is 0 Å². The lowest BCUT2D eigenvalue weighted by Gasteiger charge is -2.11. The maximum atomic E-state index is 5.42. The van der Waals surface area contributed by atoms with Gasteiger partial charge in [0.05, 0.1) is 5.25 Å². The molecule has 6 heteroatoms. The number of ether oxygens (including phenoxy) is 2. The van der Waals surface area contributed by atoms with Gasteiger partial charge in [-0.15, -0.1) is 0 Å². The van der Waals surface area contributed by atoms with Crippen LogP contribution in [0.5, 0.6) is 0 Å².